The van der Waals surface area contributed by atoms with Gasteiger partial charge in [-0.05, 0) is 50.5 Å². The predicted octanol–water partition coefficient (Wildman–Crippen LogP) is 3.78. The van der Waals surface area contributed by atoms with Gasteiger partial charge in [-0.1, -0.05) is 30.3 Å². The van der Waals surface area contributed by atoms with E-state index in [0.717, 1.165) is 57.8 Å². The maximum absolute atomic E-state index is 4.86. The maximum Gasteiger partial charge on any atom is 0.191 e. The van der Waals surface area contributed by atoms with Crippen LogP contribution in [0.3, 0.4) is 0 Å². The van der Waals surface area contributed by atoms with Crippen molar-refractivity contribution >= 4 is 17.3 Å². The van der Waals surface area contributed by atoms with E-state index in [1.54, 1.807) is 4.88 Å². The van der Waals surface area contributed by atoms with Crippen LogP contribution in [0.4, 0.5) is 0 Å². The lowest BCUT2D eigenvalue weighted by atomic mass is 10.0. The number of aliphatic imine (C=N–C) groups is 1. The predicted molar refractivity (Wildman–Crippen MR) is 126 cm³/mol. The molecule has 0 bridgehead atoms. The smallest absolute Gasteiger partial charge is 0.191 e. The van der Waals surface area contributed by atoms with Gasteiger partial charge in [-0.3, -0.25) is 9.89 Å². The number of aryl methyl sites for hydroxylation is 3. The molecule has 1 aromatic carbocycles. The Balaban J connectivity index is 1.13. The molecule has 0 unspecified atom stereocenters. The lowest BCUT2D eigenvalue weighted by Crippen LogP contribution is -2.48. The van der Waals surface area contributed by atoms with E-state index in [4.69, 9.17) is 4.98 Å². The van der Waals surface area contributed by atoms with Crippen molar-refractivity contribution in [1.29, 1.82) is 0 Å². The third-order valence-electron chi connectivity index (χ3n) is 6.15. The molecule has 2 aliphatic rings. The normalized spacial score (nSPS) is 18.2. The molecule has 1 aliphatic heterocycles. The van der Waals surface area contributed by atoms with Gasteiger partial charge in [-0.25, -0.2) is 4.98 Å². The van der Waals surface area contributed by atoms with Crippen LogP contribution in [0.1, 0.15) is 53.2 Å². The van der Waals surface area contributed by atoms with Crippen LogP contribution >= 0.6 is 11.3 Å². The van der Waals surface area contributed by atoms with Crippen LogP contribution in [0.15, 0.2) is 35.3 Å². The topological polar surface area (TPSA) is 52.6 Å². The van der Waals surface area contributed by atoms with Gasteiger partial charge in [0.25, 0.3) is 0 Å². The summed E-state index contributed by atoms with van der Waals surface area (Å²) in [7, 11) is 1.87. The van der Waals surface area contributed by atoms with E-state index in [0.29, 0.717) is 6.04 Å². The molecule has 0 atom stereocenters. The van der Waals surface area contributed by atoms with Crippen molar-refractivity contribution in [3.8, 4) is 0 Å². The number of guanidine groups is 1. The van der Waals surface area contributed by atoms with Crippen molar-refractivity contribution in [2.24, 2.45) is 4.99 Å². The summed E-state index contributed by atoms with van der Waals surface area (Å²) in [5, 5.41) is 8.45. The first-order valence-electron chi connectivity index (χ1n) is 11.5. The lowest BCUT2D eigenvalue weighted by Gasteiger charge is -2.33. The number of thiazole rings is 1. The number of fused-ring (bicyclic) bond motifs is 1. The molecule has 0 radical (unpaired) electrons. The first-order chi connectivity index (χ1) is 14.8. The summed E-state index contributed by atoms with van der Waals surface area (Å²) in [5.41, 5.74) is 2.78. The fourth-order valence-corrected chi connectivity index (χ4v) is 5.62. The second kappa shape index (κ2) is 10.9. The van der Waals surface area contributed by atoms with Gasteiger partial charge >= 0.3 is 0 Å². The van der Waals surface area contributed by atoms with Crippen LogP contribution in [0.5, 0.6) is 0 Å². The fraction of sp³-hybridized carbons (Fsp3) is 0.583. The number of hydrogen-bond donors (Lipinski definition) is 2. The molecule has 0 saturated carbocycles. The molecule has 2 heterocycles. The zero-order chi connectivity index (χ0) is 20.6. The van der Waals surface area contributed by atoms with Gasteiger partial charge in [0.15, 0.2) is 5.96 Å². The number of aromatic nitrogens is 1. The lowest BCUT2D eigenvalue weighted by molar-refractivity contribution is 0.198. The highest BCUT2D eigenvalue weighted by molar-refractivity contribution is 7.11. The average molecular weight is 426 g/mol. The SMILES string of the molecule is CN=C(NCCCc1nc2c(s1)CCCC2)NC1CCN(Cc2ccccc2)CC1. The zero-order valence-electron chi connectivity index (χ0n) is 18.2. The van der Waals surface area contributed by atoms with Crippen molar-refractivity contribution in [3.63, 3.8) is 0 Å². The first-order valence-corrected chi connectivity index (χ1v) is 12.3. The highest BCUT2D eigenvalue weighted by Crippen LogP contribution is 2.27. The van der Waals surface area contributed by atoms with E-state index < -0.39 is 0 Å². The molecule has 1 saturated heterocycles. The molecular formula is C24H35N5S. The number of likely N-dealkylation sites (tertiary alicyclic amines) is 1. The van der Waals surface area contributed by atoms with Gasteiger partial charge < -0.3 is 10.6 Å². The van der Waals surface area contributed by atoms with Gasteiger partial charge in [0, 0.05) is 50.6 Å². The number of benzene rings is 1. The highest BCUT2D eigenvalue weighted by atomic mass is 32.1. The minimum absolute atomic E-state index is 0.508. The fourth-order valence-electron chi connectivity index (χ4n) is 4.42. The van der Waals surface area contributed by atoms with E-state index >= 15 is 0 Å². The van der Waals surface area contributed by atoms with E-state index in [9.17, 15) is 0 Å². The first kappa shape index (κ1) is 21.3. The largest absolute Gasteiger partial charge is 0.356 e. The van der Waals surface area contributed by atoms with Crippen LogP contribution in [0.2, 0.25) is 0 Å². The Hall–Kier alpha value is -1.92. The van der Waals surface area contributed by atoms with Crippen molar-refractivity contribution in [1.82, 2.24) is 20.5 Å². The Morgan fingerprint density at radius 1 is 1.17 bits per heavy atom. The number of nitrogens with one attached hydrogen (secondary N) is 2. The van der Waals surface area contributed by atoms with E-state index in [1.807, 2.05) is 18.4 Å². The summed E-state index contributed by atoms with van der Waals surface area (Å²) >= 11 is 1.94. The van der Waals surface area contributed by atoms with Crippen molar-refractivity contribution < 1.29 is 0 Å². The zero-order valence-corrected chi connectivity index (χ0v) is 19.0. The standard InChI is InChI=1S/C24H35N5S/c1-25-24(26-15-7-12-23-28-21-10-5-6-11-22(21)30-23)27-20-13-16-29(17-14-20)18-19-8-3-2-4-9-19/h2-4,8-9,20H,5-7,10-18H2,1H3,(H2,25,26,27). The van der Waals surface area contributed by atoms with E-state index in [1.165, 1.54) is 41.9 Å². The molecule has 1 fully saturated rings. The van der Waals surface area contributed by atoms with Crippen molar-refractivity contribution in [2.75, 3.05) is 26.7 Å². The summed E-state index contributed by atoms with van der Waals surface area (Å²) in [6.45, 7) is 4.27. The Morgan fingerprint density at radius 3 is 2.73 bits per heavy atom. The molecule has 162 valence electrons. The Bertz CT molecular complexity index is 785. The summed E-state index contributed by atoms with van der Waals surface area (Å²) in [5.74, 6) is 0.940. The number of piperidine rings is 1. The average Bonchev–Trinajstić information content (AvgIpc) is 3.21. The summed E-state index contributed by atoms with van der Waals surface area (Å²) in [4.78, 5) is 13.4. The highest BCUT2D eigenvalue weighted by Gasteiger charge is 2.20. The molecule has 0 spiro atoms. The molecule has 6 heteroatoms. The molecular weight excluding hydrogens is 390 g/mol. The number of rotatable bonds is 7. The minimum atomic E-state index is 0.508. The Morgan fingerprint density at radius 2 is 1.97 bits per heavy atom. The van der Waals surface area contributed by atoms with E-state index in [2.05, 4.69) is 50.9 Å². The minimum Gasteiger partial charge on any atom is -0.356 e. The number of hydrogen-bond acceptors (Lipinski definition) is 4. The van der Waals surface area contributed by atoms with Gasteiger partial charge in [0.05, 0.1) is 10.7 Å². The Labute approximate surface area is 185 Å². The van der Waals surface area contributed by atoms with Crippen LogP contribution in [-0.4, -0.2) is 48.6 Å². The summed E-state index contributed by atoms with van der Waals surface area (Å²) in [6.07, 6.45) is 9.57. The summed E-state index contributed by atoms with van der Waals surface area (Å²) in [6, 6.07) is 11.3. The van der Waals surface area contributed by atoms with Crippen LogP contribution < -0.4 is 10.6 Å². The monoisotopic (exact) mass is 425 g/mol. The third-order valence-corrected chi connectivity index (χ3v) is 7.37. The second-order valence-electron chi connectivity index (χ2n) is 8.47. The Kier molecular flexibility index (Phi) is 7.76. The molecule has 5 nitrogen and oxygen atoms in total. The van der Waals surface area contributed by atoms with Crippen molar-refractivity contribution in [3.05, 3.63) is 51.5 Å². The van der Waals surface area contributed by atoms with Gasteiger partial charge in [0.1, 0.15) is 0 Å². The van der Waals surface area contributed by atoms with Gasteiger partial charge in [-0.15, -0.1) is 11.3 Å². The van der Waals surface area contributed by atoms with Crippen LogP contribution in [-0.2, 0) is 25.8 Å². The van der Waals surface area contributed by atoms with Crippen LogP contribution in [0, 0.1) is 0 Å². The van der Waals surface area contributed by atoms with Crippen LogP contribution in [0.25, 0.3) is 0 Å². The quantitative estimate of drug-likeness (QED) is 0.403. The third kappa shape index (κ3) is 6.05. The molecule has 1 aliphatic carbocycles. The molecule has 2 N–H and O–H groups in total. The van der Waals surface area contributed by atoms with Gasteiger partial charge in [0.2, 0.25) is 0 Å². The molecule has 4 rings (SSSR count). The number of nitrogens with zero attached hydrogens (tertiary/aromatic N) is 3. The maximum atomic E-state index is 4.86. The van der Waals surface area contributed by atoms with Gasteiger partial charge in [-0.2, -0.15) is 0 Å². The molecule has 0 amide bonds. The molecule has 30 heavy (non-hydrogen) atoms. The second-order valence-corrected chi connectivity index (χ2v) is 9.64. The van der Waals surface area contributed by atoms with E-state index in [-0.39, 0.29) is 0 Å². The molecule has 2 aromatic rings. The summed E-state index contributed by atoms with van der Waals surface area (Å²) < 4.78 is 0. The molecule has 1 aromatic heterocycles. The van der Waals surface area contributed by atoms with Crippen molar-refractivity contribution in [2.45, 2.75) is 64.0 Å².